The predicted octanol–water partition coefficient (Wildman–Crippen LogP) is 4.95. The van der Waals surface area contributed by atoms with Gasteiger partial charge in [-0.2, -0.15) is 0 Å². The van der Waals surface area contributed by atoms with Gasteiger partial charge in [0.05, 0.1) is 60.4 Å². The molecule has 4 aliphatic rings. The maximum absolute atomic E-state index is 15.6. The normalized spacial score (nSPS) is 17.4. The average molecular weight is 1170 g/mol. The van der Waals surface area contributed by atoms with E-state index in [-0.39, 0.29) is 138 Å². The number of carbonyl (C=O) groups excluding carboxylic acids is 10. The van der Waals surface area contributed by atoms with Crippen LogP contribution in [0.4, 0.5) is 4.39 Å². The van der Waals surface area contributed by atoms with Gasteiger partial charge in [-0.05, 0) is 107 Å². The van der Waals surface area contributed by atoms with Crippen LogP contribution in [0.25, 0.3) is 22.3 Å². The number of aryl methyl sites for hydroxylation is 1. The molecule has 8 rings (SSSR count). The van der Waals surface area contributed by atoms with Gasteiger partial charge in [-0.15, -0.1) is 0 Å². The Hall–Kier alpha value is -8.11. The van der Waals surface area contributed by atoms with Crippen molar-refractivity contribution in [2.24, 2.45) is 5.92 Å². The summed E-state index contributed by atoms with van der Waals surface area (Å²) in [6, 6.07) is 10.0. The van der Waals surface area contributed by atoms with Crippen LogP contribution in [-0.2, 0) is 89.0 Å². The van der Waals surface area contributed by atoms with Crippen LogP contribution in [0, 0.1) is 18.7 Å². The summed E-state index contributed by atoms with van der Waals surface area (Å²) in [5.41, 5.74) is 1.14. The number of nitrogens with one attached hydrogen (secondary N) is 4. The Morgan fingerprint density at radius 2 is 1.52 bits per heavy atom. The second-order valence-corrected chi connectivity index (χ2v) is 23.3. The first-order chi connectivity index (χ1) is 40.5. The maximum Gasteiger partial charge on any atom is 0.343 e. The molecule has 5 N–H and O–H groups in total. The van der Waals surface area contributed by atoms with E-state index in [4.69, 9.17) is 14.5 Å². The molecule has 22 heteroatoms. The predicted molar refractivity (Wildman–Crippen MR) is 307 cm³/mol. The number of amides is 6. The van der Waals surface area contributed by atoms with E-state index in [2.05, 4.69) is 21.3 Å². The van der Waals surface area contributed by atoms with Crippen LogP contribution in [0.3, 0.4) is 0 Å². The summed E-state index contributed by atoms with van der Waals surface area (Å²) in [4.78, 5) is 149. The molecule has 85 heavy (non-hydrogen) atoms. The lowest BCUT2D eigenvalue weighted by Gasteiger charge is -2.31. The topological polar surface area (TPSA) is 296 Å². The molecule has 1 aliphatic carbocycles. The summed E-state index contributed by atoms with van der Waals surface area (Å²) in [6.45, 7) is 7.80. The van der Waals surface area contributed by atoms with Crippen LogP contribution in [0.2, 0.25) is 0 Å². The fourth-order valence-corrected chi connectivity index (χ4v) is 11.4. The number of ether oxygens (including phenoxy) is 2. The van der Waals surface area contributed by atoms with Crippen LogP contribution in [0.15, 0.2) is 59.4 Å². The molecule has 0 unspecified atom stereocenters. The van der Waals surface area contributed by atoms with E-state index in [0.29, 0.717) is 76.6 Å². The van der Waals surface area contributed by atoms with Crippen LogP contribution in [0.5, 0.6) is 0 Å². The number of benzene rings is 2. The molecule has 0 radical (unpaired) electrons. The third-order valence-electron chi connectivity index (χ3n) is 16.1. The minimum absolute atomic E-state index is 0.0175. The quantitative estimate of drug-likeness (QED) is 0.0241. The molecule has 21 nitrogen and oxygen atoms in total. The number of unbranched alkanes of at least 4 members (excludes halogenated alkanes) is 3. The second kappa shape index (κ2) is 27.3. The van der Waals surface area contributed by atoms with Gasteiger partial charge in [-0.25, -0.2) is 14.2 Å². The molecule has 2 aromatic carbocycles. The molecule has 5 heterocycles. The van der Waals surface area contributed by atoms with Gasteiger partial charge in [0.1, 0.15) is 24.2 Å². The molecule has 0 spiro atoms. The number of cyclic esters (lactones) is 1. The van der Waals surface area contributed by atoms with Gasteiger partial charge in [-0.1, -0.05) is 43.7 Å². The number of pyridine rings is 2. The monoisotopic (exact) mass is 1170 g/mol. The third kappa shape index (κ3) is 15.1. The Labute approximate surface area is 491 Å². The van der Waals surface area contributed by atoms with E-state index < -0.39 is 76.0 Å². The van der Waals surface area contributed by atoms with E-state index in [1.54, 1.807) is 52.8 Å². The highest BCUT2D eigenvalue weighted by Crippen LogP contribution is 2.46. The molecule has 4 aromatic rings. The fourth-order valence-electron chi connectivity index (χ4n) is 11.4. The number of imide groups is 1. The number of Topliss-reactive ketones (excluding diaryl/α,β-unsaturated/α-hetero) is 3. The molecular weight excluding hydrogens is 1100 g/mol. The van der Waals surface area contributed by atoms with Crippen LogP contribution in [-0.4, -0.2) is 116 Å². The molecule has 0 fully saturated rings. The molecule has 0 saturated heterocycles. The van der Waals surface area contributed by atoms with E-state index in [9.17, 15) is 57.8 Å². The number of aliphatic hydroxyl groups is 1. The van der Waals surface area contributed by atoms with Crippen molar-refractivity contribution in [2.75, 3.05) is 26.2 Å². The van der Waals surface area contributed by atoms with Gasteiger partial charge in [0.25, 0.3) is 17.4 Å². The van der Waals surface area contributed by atoms with Crippen LogP contribution in [0.1, 0.15) is 156 Å². The van der Waals surface area contributed by atoms with E-state index in [1.165, 1.54) is 22.8 Å². The lowest BCUT2D eigenvalue weighted by atomic mass is 9.81. The van der Waals surface area contributed by atoms with Crippen molar-refractivity contribution in [3.63, 3.8) is 0 Å². The first kappa shape index (κ1) is 62.9. The number of fused-ring (bicyclic) bond motifs is 5. The van der Waals surface area contributed by atoms with Crippen molar-refractivity contribution in [2.45, 2.75) is 167 Å². The summed E-state index contributed by atoms with van der Waals surface area (Å²) in [5.74, 6) is -5.86. The summed E-state index contributed by atoms with van der Waals surface area (Å²) in [7, 11) is 0. The highest BCUT2D eigenvalue weighted by molar-refractivity contribution is 6.12. The SMILES string of the molecule is CC[C@@]1(O)C(=O)OCc2c1cc1n(c2=O)Cc2c-1nc1cc(F)c(C)c3c1c2[C@@H](NC(=O)[C@H](COC(C)(C)C)NC(=O)CCCCC(=O)CNC(=O)[C@@H](CC(=O)CNC(=O)CCC(=O)CCCCCN1C(=O)C=CC1=O)Cc1ccccc1)CC3. The van der Waals surface area contributed by atoms with Crippen LogP contribution >= 0.6 is 0 Å². The lowest BCUT2D eigenvalue weighted by Crippen LogP contribution is -2.51. The molecule has 452 valence electrons. The number of rotatable bonds is 29. The van der Waals surface area contributed by atoms with Gasteiger partial charge in [0.15, 0.2) is 17.2 Å². The zero-order valence-electron chi connectivity index (χ0n) is 48.8. The van der Waals surface area contributed by atoms with E-state index >= 15 is 4.39 Å². The van der Waals surface area contributed by atoms with Gasteiger partial charge in [0.2, 0.25) is 23.6 Å². The Morgan fingerprint density at radius 3 is 2.24 bits per heavy atom. The summed E-state index contributed by atoms with van der Waals surface area (Å²) in [6.07, 6.45) is 5.33. The van der Waals surface area contributed by atoms with Gasteiger partial charge in [-0.3, -0.25) is 52.8 Å². The molecule has 2 aromatic heterocycles. The Kier molecular flexibility index (Phi) is 20.2. The van der Waals surface area contributed by atoms with Crippen molar-refractivity contribution >= 4 is 69.7 Å². The minimum Gasteiger partial charge on any atom is -0.458 e. The molecule has 4 atom stereocenters. The van der Waals surface area contributed by atoms with Crippen molar-refractivity contribution in [3.05, 3.63) is 110 Å². The molecule has 6 amide bonds. The highest BCUT2D eigenvalue weighted by atomic mass is 19.1. The van der Waals surface area contributed by atoms with E-state index in [1.807, 2.05) is 18.2 Å². The smallest absolute Gasteiger partial charge is 0.343 e. The van der Waals surface area contributed by atoms with Gasteiger partial charge < -0.3 is 40.4 Å². The third-order valence-corrected chi connectivity index (χ3v) is 16.1. The largest absolute Gasteiger partial charge is 0.458 e. The zero-order valence-corrected chi connectivity index (χ0v) is 48.8. The number of carbonyl (C=O) groups is 10. The molecule has 0 saturated carbocycles. The molecule has 3 aliphatic heterocycles. The number of esters is 1. The molecule has 0 bridgehead atoms. The Balaban J connectivity index is 0.827. The minimum atomic E-state index is -2.07. The number of halogens is 1. The number of nitrogens with zero attached hydrogens (tertiary/aromatic N) is 3. The van der Waals surface area contributed by atoms with E-state index in [0.717, 1.165) is 10.5 Å². The Morgan fingerprint density at radius 1 is 0.824 bits per heavy atom. The summed E-state index contributed by atoms with van der Waals surface area (Å²) >= 11 is 0. The van der Waals surface area contributed by atoms with Crippen molar-refractivity contribution < 1.29 is 66.9 Å². The van der Waals surface area contributed by atoms with Gasteiger partial charge >= 0.3 is 5.97 Å². The fraction of sp³-hybridized carbons (Fsp3) is 0.492. The number of aromatic nitrogens is 2. The highest BCUT2D eigenvalue weighted by Gasteiger charge is 2.46. The summed E-state index contributed by atoms with van der Waals surface area (Å²) in [5, 5.41) is 23.2. The zero-order chi connectivity index (χ0) is 61.3. The standard InChI is InChI=1S/C63H74FN7O14/c1-6-63(83)45-29-50-57-43(33-71(50)60(81)44(45)34-84-61(63)82)56-47(22-21-42-36(2)46(64)30-48(68-57)55(42)56)69-59(80)49(35-85-62(3,4)5)67-52(76)19-13-12-18-40(73)31-66-58(79)38(27-37-15-9-7-10-16-37)28-41(74)32-65-51(75)23-20-39(72)17-11-8-14-26-70-53(77)24-25-54(70)78/h7,9-10,15-16,24-25,29-30,38,47,49,83H,6,8,11-14,17-23,26-28,31-35H2,1-5H3,(H,65,75)(H,66,79)(H,67,76)(H,69,80)/t38-,47+,49+,63+/m1/s1. The molecular formula is C63H74FN7O14. The average Bonchev–Trinajstić information content (AvgIpc) is 1.73. The number of hydrogen-bond acceptors (Lipinski definition) is 15. The number of hydrogen-bond donors (Lipinski definition) is 5. The first-order valence-corrected chi connectivity index (χ1v) is 29.2. The number of ketones is 3. The lowest BCUT2D eigenvalue weighted by molar-refractivity contribution is -0.172. The van der Waals surface area contributed by atoms with Crippen molar-refractivity contribution in [3.8, 4) is 11.4 Å². The van der Waals surface area contributed by atoms with Gasteiger partial charge in [0, 0.05) is 85.7 Å². The first-order valence-electron chi connectivity index (χ1n) is 29.2. The summed E-state index contributed by atoms with van der Waals surface area (Å²) < 4.78 is 28.4. The second-order valence-electron chi connectivity index (χ2n) is 23.3. The van der Waals surface area contributed by atoms with Crippen molar-refractivity contribution in [1.82, 2.24) is 35.7 Å². The van der Waals surface area contributed by atoms with Crippen molar-refractivity contribution in [1.29, 1.82) is 0 Å². The maximum atomic E-state index is 15.6. The van der Waals surface area contributed by atoms with Crippen LogP contribution < -0.4 is 26.8 Å². The Bertz CT molecular complexity index is 3410.